The van der Waals surface area contributed by atoms with Crippen LogP contribution in [0.4, 0.5) is 0 Å². The van der Waals surface area contributed by atoms with Gasteiger partial charge < -0.3 is 10.1 Å². The van der Waals surface area contributed by atoms with Crippen LogP contribution in [0.2, 0.25) is 5.02 Å². The molecule has 1 aliphatic heterocycles. The van der Waals surface area contributed by atoms with Crippen molar-refractivity contribution < 1.29 is 13.2 Å². The smallest absolute Gasteiger partial charge is 0.243 e. The van der Waals surface area contributed by atoms with Crippen LogP contribution in [0.1, 0.15) is 0 Å². The van der Waals surface area contributed by atoms with Gasteiger partial charge in [-0.05, 0) is 36.4 Å². The van der Waals surface area contributed by atoms with E-state index >= 15 is 0 Å². The third-order valence-electron chi connectivity index (χ3n) is 3.60. The Hall–Kier alpha value is -1.60. The number of nitrogens with zero attached hydrogens (tertiary/aromatic N) is 1. The van der Waals surface area contributed by atoms with E-state index in [0.29, 0.717) is 42.7 Å². The summed E-state index contributed by atoms with van der Waals surface area (Å²) in [5.74, 6) is 1.07. The Kier molecular flexibility index (Phi) is 4.87. The van der Waals surface area contributed by atoms with Gasteiger partial charge >= 0.3 is 0 Å². The Morgan fingerprint density at radius 2 is 1.65 bits per heavy atom. The lowest BCUT2D eigenvalue weighted by molar-refractivity contribution is 0.360. The summed E-state index contributed by atoms with van der Waals surface area (Å²) in [5, 5.41) is 3.65. The molecule has 0 atom stereocenters. The molecule has 1 aliphatic rings. The summed E-state index contributed by atoms with van der Waals surface area (Å²) in [6.45, 7) is 2.32. The van der Waals surface area contributed by atoms with Crippen LogP contribution in [-0.4, -0.2) is 38.9 Å². The molecule has 122 valence electrons. The minimum absolute atomic E-state index is 0.269. The Labute approximate surface area is 140 Å². The Morgan fingerprint density at radius 1 is 1.00 bits per heavy atom. The highest BCUT2D eigenvalue weighted by molar-refractivity contribution is 7.89. The zero-order valence-corrected chi connectivity index (χ0v) is 14.0. The van der Waals surface area contributed by atoms with Crippen molar-refractivity contribution in [3.05, 3.63) is 53.6 Å². The van der Waals surface area contributed by atoms with E-state index in [4.69, 9.17) is 16.3 Å². The lowest BCUT2D eigenvalue weighted by Gasteiger charge is -2.26. The molecule has 0 radical (unpaired) electrons. The molecule has 5 nitrogen and oxygen atoms in total. The van der Waals surface area contributed by atoms with Crippen LogP contribution < -0.4 is 10.1 Å². The van der Waals surface area contributed by atoms with Crippen molar-refractivity contribution in [2.24, 2.45) is 0 Å². The normalized spacial score (nSPS) is 16.2. The minimum Gasteiger partial charge on any atom is -0.456 e. The molecular weight excluding hydrogens is 336 g/mol. The molecule has 0 unspecified atom stereocenters. The molecule has 0 amide bonds. The first-order valence-electron chi connectivity index (χ1n) is 7.31. The van der Waals surface area contributed by atoms with Gasteiger partial charge in [0.25, 0.3) is 0 Å². The second-order valence-corrected chi connectivity index (χ2v) is 7.50. The fourth-order valence-electron chi connectivity index (χ4n) is 2.37. The Morgan fingerprint density at radius 3 is 2.30 bits per heavy atom. The lowest BCUT2D eigenvalue weighted by Crippen LogP contribution is -2.46. The first-order chi connectivity index (χ1) is 11.1. The summed E-state index contributed by atoms with van der Waals surface area (Å²) < 4.78 is 32.3. The van der Waals surface area contributed by atoms with Crippen LogP contribution in [0, 0.1) is 0 Å². The number of ether oxygens (including phenoxy) is 1. The molecule has 1 N–H and O–H groups in total. The molecule has 2 aromatic rings. The number of para-hydroxylation sites is 1. The van der Waals surface area contributed by atoms with Crippen molar-refractivity contribution >= 4 is 21.6 Å². The number of rotatable bonds is 4. The van der Waals surface area contributed by atoms with Crippen molar-refractivity contribution in [2.45, 2.75) is 4.90 Å². The highest BCUT2D eigenvalue weighted by Crippen LogP contribution is 2.29. The van der Waals surface area contributed by atoms with Gasteiger partial charge in [0.15, 0.2) is 0 Å². The van der Waals surface area contributed by atoms with Crippen molar-refractivity contribution in [2.75, 3.05) is 26.2 Å². The van der Waals surface area contributed by atoms with Crippen LogP contribution >= 0.6 is 11.6 Å². The second-order valence-electron chi connectivity index (χ2n) is 5.16. The van der Waals surface area contributed by atoms with E-state index in [1.807, 2.05) is 12.1 Å². The fourth-order valence-corrected chi connectivity index (χ4v) is 3.98. The maximum atomic E-state index is 12.5. The molecular formula is C16H17ClN2O3S. The van der Waals surface area contributed by atoms with Gasteiger partial charge in [-0.3, -0.25) is 0 Å². The third kappa shape index (κ3) is 3.67. The van der Waals surface area contributed by atoms with Gasteiger partial charge in [0.1, 0.15) is 11.5 Å². The summed E-state index contributed by atoms with van der Waals surface area (Å²) in [4.78, 5) is 0.269. The number of hydrogen-bond acceptors (Lipinski definition) is 4. The third-order valence-corrected chi connectivity index (χ3v) is 5.83. The minimum atomic E-state index is -3.45. The van der Waals surface area contributed by atoms with Crippen molar-refractivity contribution in [1.82, 2.24) is 9.62 Å². The van der Waals surface area contributed by atoms with Crippen LogP contribution in [0.15, 0.2) is 53.4 Å². The van der Waals surface area contributed by atoms with E-state index in [2.05, 4.69) is 5.32 Å². The fraction of sp³-hybridized carbons (Fsp3) is 0.250. The molecule has 0 aromatic heterocycles. The van der Waals surface area contributed by atoms with E-state index in [9.17, 15) is 8.42 Å². The van der Waals surface area contributed by atoms with Gasteiger partial charge in [-0.15, -0.1) is 0 Å². The van der Waals surface area contributed by atoms with Gasteiger partial charge in [0.05, 0.1) is 9.92 Å². The number of piperazine rings is 1. The molecule has 1 heterocycles. The van der Waals surface area contributed by atoms with E-state index < -0.39 is 10.0 Å². The van der Waals surface area contributed by atoms with Gasteiger partial charge in [0.2, 0.25) is 10.0 Å². The van der Waals surface area contributed by atoms with Gasteiger partial charge in [-0.2, -0.15) is 4.31 Å². The van der Waals surface area contributed by atoms with Gasteiger partial charge in [-0.25, -0.2) is 8.42 Å². The summed E-state index contributed by atoms with van der Waals surface area (Å²) in [5.41, 5.74) is 0. The van der Waals surface area contributed by atoms with Crippen LogP contribution in [-0.2, 0) is 10.0 Å². The number of hydrogen-bond donors (Lipinski definition) is 1. The average Bonchev–Trinajstić information content (AvgIpc) is 2.58. The Balaban J connectivity index is 1.78. The molecule has 1 saturated heterocycles. The largest absolute Gasteiger partial charge is 0.456 e. The lowest BCUT2D eigenvalue weighted by atomic mass is 10.3. The molecule has 1 fully saturated rings. The number of nitrogens with one attached hydrogen (secondary N) is 1. The van der Waals surface area contributed by atoms with E-state index in [-0.39, 0.29) is 4.90 Å². The molecule has 2 aromatic carbocycles. The molecule has 0 aliphatic carbocycles. The number of halogens is 1. The molecule has 0 bridgehead atoms. The molecule has 7 heteroatoms. The predicted molar refractivity (Wildman–Crippen MR) is 89.6 cm³/mol. The summed E-state index contributed by atoms with van der Waals surface area (Å²) >= 11 is 6.05. The maximum Gasteiger partial charge on any atom is 0.243 e. The topological polar surface area (TPSA) is 58.6 Å². The van der Waals surface area contributed by atoms with E-state index in [0.717, 1.165) is 0 Å². The van der Waals surface area contributed by atoms with Crippen molar-refractivity contribution in [3.8, 4) is 11.5 Å². The summed E-state index contributed by atoms with van der Waals surface area (Å²) in [6, 6.07) is 13.5. The molecule has 23 heavy (non-hydrogen) atoms. The van der Waals surface area contributed by atoms with Crippen molar-refractivity contribution in [1.29, 1.82) is 0 Å². The number of sulfonamides is 1. The standard InChI is InChI=1S/C16H17ClN2O3S/c17-15-3-1-2-4-16(15)22-13-5-7-14(8-6-13)23(20,21)19-11-9-18-10-12-19/h1-8,18H,9-12H2. The van der Waals surface area contributed by atoms with Gasteiger partial charge in [0, 0.05) is 26.2 Å². The quantitative estimate of drug-likeness (QED) is 0.919. The molecule has 3 rings (SSSR count). The Bertz CT molecular complexity index is 772. The van der Waals surface area contributed by atoms with E-state index in [1.54, 1.807) is 36.4 Å². The van der Waals surface area contributed by atoms with Crippen LogP contribution in [0.5, 0.6) is 11.5 Å². The maximum absolute atomic E-state index is 12.5. The second kappa shape index (κ2) is 6.88. The van der Waals surface area contributed by atoms with Gasteiger partial charge in [-0.1, -0.05) is 23.7 Å². The highest BCUT2D eigenvalue weighted by atomic mass is 35.5. The van der Waals surface area contributed by atoms with Crippen molar-refractivity contribution in [3.63, 3.8) is 0 Å². The monoisotopic (exact) mass is 352 g/mol. The van der Waals surface area contributed by atoms with Crippen LogP contribution in [0.3, 0.4) is 0 Å². The summed E-state index contributed by atoms with van der Waals surface area (Å²) in [7, 11) is -3.45. The molecule has 0 saturated carbocycles. The summed E-state index contributed by atoms with van der Waals surface area (Å²) in [6.07, 6.45) is 0. The zero-order chi connectivity index (χ0) is 16.3. The van der Waals surface area contributed by atoms with Crippen LogP contribution in [0.25, 0.3) is 0 Å². The molecule has 0 spiro atoms. The number of benzene rings is 2. The zero-order valence-electron chi connectivity index (χ0n) is 12.4. The first-order valence-corrected chi connectivity index (χ1v) is 9.12. The average molecular weight is 353 g/mol. The first kappa shape index (κ1) is 16.3. The predicted octanol–water partition coefficient (Wildman–Crippen LogP) is 2.73. The SMILES string of the molecule is O=S(=O)(c1ccc(Oc2ccccc2Cl)cc1)N1CCNCC1. The highest BCUT2D eigenvalue weighted by Gasteiger charge is 2.25. The van der Waals surface area contributed by atoms with E-state index in [1.165, 1.54) is 4.31 Å².